The van der Waals surface area contributed by atoms with Crippen molar-refractivity contribution in [3.63, 3.8) is 0 Å². The fraction of sp³-hybridized carbons (Fsp3) is 0.136. The summed E-state index contributed by atoms with van der Waals surface area (Å²) in [6.07, 6.45) is 31.9. The zero-order chi connectivity index (χ0) is 45.6. The molecule has 0 saturated carbocycles. The van der Waals surface area contributed by atoms with E-state index in [0.29, 0.717) is 0 Å². The Hall–Kier alpha value is -7.83. The molecule has 0 saturated heterocycles. The van der Waals surface area contributed by atoms with Gasteiger partial charge < -0.3 is 26.3 Å². The molecular formula is C59H58N6. The van der Waals surface area contributed by atoms with E-state index in [4.69, 9.17) is 17.2 Å². The quantitative estimate of drug-likeness (QED) is 0.119. The highest BCUT2D eigenvalue weighted by molar-refractivity contribution is 6.13. The highest BCUT2D eigenvalue weighted by atomic mass is 15.0. The van der Waals surface area contributed by atoms with E-state index in [1.54, 1.807) is 12.4 Å². The molecule has 6 heteroatoms. The molecule has 1 aliphatic carbocycles. The summed E-state index contributed by atoms with van der Waals surface area (Å²) in [5, 5.41) is 3.53. The predicted molar refractivity (Wildman–Crippen MR) is 281 cm³/mol. The minimum absolute atomic E-state index is 0.728. The fourth-order valence-corrected chi connectivity index (χ4v) is 8.93. The van der Waals surface area contributed by atoms with Gasteiger partial charge in [0.15, 0.2) is 0 Å². The normalized spacial score (nSPS) is 17.1. The minimum atomic E-state index is 0.728. The molecule has 4 aromatic carbocycles. The lowest BCUT2D eigenvalue weighted by Gasteiger charge is -2.16. The van der Waals surface area contributed by atoms with Gasteiger partial charge in [-0.3, -0.25) is 4.98 Å². The van der Waals surface area contributed by atoms with Gasteiger partial charge in [0.25, 0.3) is 0 Å². The zero-order valence-corrected chi connectivity index (χ0v) is 38.3. The Kier molecular flexibility index (Phi) is 13.0. The molecule has 0 fully saturated rings. The van der Waals surface area contributed by atoms with E-state index in [9.17, 15) is 0 Å². The molecule has 324 valence electrons. The number of fused-ring (bicyclic) bond motifs is 6. The third kappa shape index (κ3) is 8.51. The molecule has 7 aromatic rings. The fourth-order valence-electron chi connectivity index (χ4n) is 8.93. The number of benzene rings is 4. The summed E-state index contributed by atoms with van der Waals surface area (Å²) in [5.41, 5.74) is 38.3. The first-order valence-electron chi connectivity index (χ1n) is 22.5. The van der Waals surface area contributed by atoms with E-state index in [0.717, 1.165) is 108 Å². The Morgan fingerprint density at radius 3 is 2.11 bits per heavy atom. The number of allylic oxidation sites excluding steroid dienone is 14. The number of nitrogens with zero attached hydrogens (tertiary/aromatic N) is 3. The van der Waals surface area contributed by atoms with Gasteiger partial charge >= 0.3 is 0 Å². The van der Waals surface area contributed by atoms with Crippen LogP contribution in [0.3, 0.4) is 0 Å². The van der Waals surface area contributed by atoms with Gasteiger partial charge in [-0.15, -0.1) is 0 Å². The van der Waals surface area contributed by atoms with Crippen molar-refractivity contribution >= 4 is 56.3 Å². The average molecular weight is 851 g/mol. The van der Waals surface area contributed by atoms with Crippen LogP contribution in [0.1, 0.15) is 64.8 Å². The van der Waals surface area contributed by atoms with Gasteiger partial charge in [0.2, 0.25) is 0 Å². The lowest BCUT2D eigenvalue weighted by Crippen LogP contribution is -2.02. The van der Waals surface area contributed by atoms with Crippen molar-refractivity contribution in [3.8, 4) is 33.5 Å². The number of aryl methyl sites for hydroxylation is 1. The molecule has 65 heavy (non-hydrogen) atoms. The summed E-state index contributed by atoms with van der Waals surface area (Å²) in [7, 11) is 0. The molecule has 0 unspecified atom stereocenters. The zero-order valence-electron chi connectivity index (χ0n) is 38.3. The summed E-state index contributed by atoms with van der Waals surface area (Å²) in [6, 6.07) is 33.3. The highest BCUT2D eigenvalue weighted by Gasteiger charge is 2.21. The lowest BCUT2D eigenvalue weighted by atomic mass is 9.93. The first kappa shape index (κ1) is 43.8. The van der Waals surface area contributed by atoms with Crippen molar-refractivity contribution in [2.45, 2.75) is 54.4 Å². The largest absolute Gasteiger partial charge is 0.405 e. The molecule has 1 aliphatic rings. The standard InChI is InChI=1S/C59H58N6/c1-7-17-46-35-52-51-34-45(42-23-25-44(26-24-42)54-21-15-16-33-63-54)28-30-56(51)65(59(38-61)39(4)8-2)58(52)37-50(46)47-27-29-49-48-20-12-10-11-18-43(53(62)9-3)19-13-14-22-55(48)64(57(49)36-47)41(6)40(5)31-32-60/h8-16,18-38H,7,17,60-62H2,1-6H3/b11-10+,12-10?,14-13?,18-11?,19-13-,20-12+,22-14-,32-31-,39-8-,41-40+,43-18+,43-19?,48-20?,53-9-,55-22?,59-38+. The third-order valence-corrected chi connectivity index (χ3v) is 12.6. The number of nitrogens with two attached hydrogens (primary N) is 3. The molecule has 6 N–H and O–H groups in total. The second kappa shape index (κ2) is 19.3. The third-order valence-electron chi connectivity index (χ3n) is 12.6. The molecular weight excluding hydrogens is 793 g/mol. The molecule has 0 atom stereocenters. The van der Waals surface area contributed by atoms with Gasteiger partial charge in [-0.2, -0.15) is 0 Å². The topological polar surface area (TPSA) is 101 Å². The Morgan fingerprint density at radius 1 is 0.662 bits per heavy atom. The Morgan fingerprint density at radius 2 is 1.38 bits per heavy atom. The van der Waals surface area contributed by atoms with Crippen molar-refractivity contribution in [2.24, 2.45) is 17.2 Å². The Labute approximate surface area is 383 Å². The van der Waals surface area contributed by atoms with Gasteiger partial charge in [-0.25, -0.2) is 0 Å². The molecule has 3 aromatic heterocycles. The van der Waals surface area contributed by atoms with Gasteiger partial charge in [0, 0.05) is 51.1 Å². The molecule has 6 nitrogen and oxygen atoms in total. The first-order valence-corrected chi connectivity index (χ1v) is 22.5. The van der Waals surface area contributed by atoms with Crippen LogP contribution in [0.2, 0.25) is 0 Å². The number of rotatable bonds is 10. The van der Waals surface area contributed by atoms with E-state index >= 15 is 0 Å². The highest BCUT2D eigenvalue weighted by Crippen LogP contribution is 2.42. The SMILES string of the molecule is C/C=C(N)/C1=C/C=C/C=C/c2c(n(/C(C)=C(C)/C=C\N)c3cc(-c4cc5c(cc4CCC)c4cc(-c6ccc(-c7ccccn7)cc6)ccc4n5C(=C/N)/C(C)=C\C)ccc23)\C=C/C=C\1. The van der Waals surface area contributed by atoms with Gasteiger partial charge in [-0.1, -0.05) is 123 Å². The number of pyridine rings is 1. The van der Waals surface area contributed by atoms with Gasteiger partial charge in [-0.05, 0) is 146 Å². The second-order valence-corrected chi connectivity index (χ2v) is 16.5. The van der Waals surface area contributed by atoms with E-state index in [-0.39, 0.29) is 0 Å². The summed E-state index contributed by atoms with van der Waals surface area (Å²) >= 11 is 0. The second-order valence-electron chi connectivity index (χ2n) is 16.5. The van der Waals surface area contributed by atoms with Crippen LogP contribution < -0.4 is 17.2 Å². The Bertz CT molecular complexity index is 3260. The molecule has 0 amide bonds. The lowest BCUT2D eigenvalue weighted by molar-refractivity contribution is 0.925. The predicted octanol–water partition coefficient (Wildman–Crippen LogP) is 14.5. The van der Waals surface area contributed by atoms with Crippen molar-refractivity contribution in [3.05, 3.63) is 210 Å². The van der Waals surface area contributed by atoms with Crippen molar-refractivity contribution in [2.75, 3.05) is 0 Å². The molecule has 0 radical (unpaired) electrons. The smallest absolute Gasteiger partial charge is 0.0701 e. The monoisotopic (exact) mass is 850 g/mol. The summed E-state index contributed by atoms with van der Waals surface area (Å²) in [4.78, 5) is 4.56. The van der Waals surface area contributed by atoms with Gasteiger partial charge in [0.1, 0.15) is 0 Å². The van der Waals surface area contributed by atoms with Crippen molar-refractivity contribution < 1.29 is 0 Å². The molecule has 0 bridgehead atoms. The van der Waals surface area contributed by atoms with Crippen LogP contribution in [0.25, 0.3) is 89.8 Å². The van der Waals surface area contributed by atoms with E-state index in [2.05, 4.69) is 164 Å². The number of hydrogen-bond donors (Lipinski definition) is 3. The van der Waals surface area contributed by atoms with E-state index in [1.807, 2.05) is 61.7 Å². The van der Waals surface area contributed by atoms with Crippen LogP contribution in [0.5, 0.6) is 0 Å². The van der Waals surface area contributed by atoms with Crippen LogP contribution in [0, 0.1) is 0 Å². The van der Waals surface area contributed by atoms with Crippen LogP contribution in [0.4, 0.5) is 0 Å². The first-order chi connectivity index (χ1) is 31.7. The summed E-state index contributed by atoms with van der Waals surface area (Å²) in [6.45, 7) is 12.7. The van der Waals surface area contributed by atoms with Crippen LogP contribution in [0.15, 0.2) is 193 Å². The number of hydrogen-bond acceptors (Lipinski definition) is 4. The maximum atomic E-state index is 6.54. The minimum Gasteiger partial charge on any atom is -0.405 e. The molecule has 8 rings (SSSR count). The summed E-state index contributed by atoms with van der Waals surface area (Å²) in [5.74, 6) is 0. The number of aromatic nitrogens is 3. The Balaban J connectivity index is 1.36. The molecule has 3 heterocycles. The average Bonchev–Trinajstić information content (AvgIpc) is 3.81. The van der Waals surface area contributed by atoms with Crippen LogP contribution in [-0.2, 0) is 6.42 Å². The van der Waals surface area contributed by atoms with Crippen LogP contribution >= 0.6 is 0 Å². The molecule has 0 spiro atoms. The maximum Gasteiger partial charge on any atom is 0.0701 e. The van der Waals surface area contributed by atoms with Gasteiger partial charge in [0.05, 0.1) is 33.6 Å². The van der Waals surface area contributed by atoms with Crippen molar-refractivity contribution in [1.82, 2.24) is 14.1 Å². The maximum absolute atomic E-state index is 6.54. The molecule has 0 aliphatic heterocycles. The van der Waals surface area contributed by atoms with E-state index < -0.39 is 0 Å². The van der Waals surface area contributed by atoms with Crippen molar-refractivity contribution in [1.29, 1.82) is 0 Å². The van der Waals surface area contributed by atoms with E-state index in [1.165, 1.54) is 21.9 Å². The van der Waals surface area contributed by atoms with Crippen LogP contribution in [-0.4, -0.2) is 14.1 Å². The summed E-state index contributed by atoms with van der Waals surface area (Å²) < 4.78 is 4.71.